The van der Waals surface area contributed by atoms with E-state index in [1.807, 2.05) is 16.8 Å². The van der Waals surface area contributed by atoms with Crippen molar-refractivity contribution < 1.29 is 0 Å². The third-order valence-corrected chi connectivity index (χ3v) is 2.47. The molecule has 0 aliphatic rings. The van der Waals surface area contributed by atoms with Crippen molar-refractivity contribution in [2.45, 2.75) is 26.7 Å². The van der Waals surface area contributed by atoms with Crippen molar-refractivity contribution >= 4 is 5.65 Å². The van der Waals surface area contributed by atoms with Crippen molar-refractivity contribution in [3.8, 4) is 0 Å². The van der Waals surface area contributed by atoms with Gasteiger partial charge in [0.15, 0.2) is 0 Å². The second kappa shape index (κ2) is 3.82. The van der Waals surface area contributed by atoms with Gasteiger partial charge >= 0.3 is 0 Å². The van der Waals surface area contributed by atoms with Crippen molar-refractivity contribution in [2.24, 2.45) is 5.92 Å². The molecule has 0 radical (unpaired) electrons. The van der Waals surface area contributed by atoms with E-state index in [1.54, 1.807) is 0 Å². The molecule has 2 heterocycles. The molecule has 0 unspecified atom stereocenters. The molecule has 2 rings (SSSR count). The zero-order valence-electron chi connectivity index (χ0n) is 8.77. The Labute approximate surface area is 84.6 Å². The zero-order valence-corrected chi connectivity index (χ0v) is 8.77. The maximum Gasteiger partial charge on any atom is 0.136 e. The summed E-state index contributed by atoms with van der Waals surface area (Å²) in [7, 11) is 0. The van der Waals surface area contributed by atoms with Crippen LogP contribution < -0.4 is 0 Å². The molecule has 14 heavy (non-hydrogen) atoms. The van der Waals surface area contributed by atoms with Crippen molar-refractivity contribution in [1.82, 2.24) is 9.38 Å². The van der Waals surface area contributed by atoms with E-state index in [2.05, 4.69) is 37.2 Å². The summed E-state index contributed by atoms with van der Waals surface area (Å²) in [5, 5.41) is 0. The van der Waals surface area contributed by atoms with E-state index in [4.69, 9.17) is 0 Å². The van der Waals surface area contributed by atoms with E-state index in [-0.39, 0.29) is 0 Å². The Morgan fingerprint density at radius 3 is 3.00 bits per heavy atom. The van der Waals surface area contributed by atoms with Crippen LogP contribution in [0.25, 0.3) is 5.65 Å². The molecule has 0 N–H and O–H groups in total. The van der Waals surface area contributed by atoms with E-state index in [9.17, 15) is 0 Å². The lowest BCUT2D eigenvalue weighted by molar-refractivity contribution is 0.586. The van der Waals surface area contributed by atoms with Crippen LogP contribution >= 0.6 is 0 Å². The van der Waals surface area contributed by atoms with Gasteiger partial charge in [0.25, 0.3) is 0 Å². The lowest BCUT2D eigenvalue weighted by atomic mass is 10.0. The minimum atomic E-state index is 0.769. The molecule has 0 aliphatic carbocycles. The number of hydrogen-bond donors (Lipinski definition) is 0. The minimum absolute atomic E-state index is 0.769. The molecule has 0 fully saturated rings. The predicted octanol–water partition coefficient (Wildman–Crippen LogP) is 2.92. The fourth-order valence-electron chi connectivity index (χ4n) is 1.56. The zero-order chi connectivity index (χ0) is 9.97. The molecule has 0 spiro atoms. The SMILES string of the molecule is CC(C)CCc1ccn2ccnc2c1. The van der Waals surface area contributed by atoms with Crippen LogP contribution in [0.5, 0.6) is 0 Å². The summed E-state index contributed by atoms with van der Waals surface area (Å²) in [4.78, 5) is 4.27. The third kappa shape index (κ3) is 1.95. The fourth-order valence-corrected chi connectivity index (χ4v) is 1.56. The molecule has 0 saturated heterocycles. The molecular formula is C12H16N2. The molecule has 0 aliphatic heterocycles. The Hall–Kier alpha value is -1.31. The van der Waals surface area contributed by atoms with Gasteiger partial charge in [0, 0.05) is 18.6 Å². The maximum atomic E-state index is 4.27. The number of hydrogen-bond acceptors (Lipinski definition) is 1. The maximum absolute atomic E-state index is 4.27. The van der Waals surface area contributed by atoms with Crippen LogP contribution in [0.15, 0.2) is 30.7 Å². The molecule has 0 saturated carbocycles. The van der Waals surface area contributed by atoms with Crippen molar-refractivity contribution in [3.05, 3.63) is 36.3 Å². The van der Waals surface area contributed by atoms with Crippen molar-refractivity contribution in [1.29, 1.82) is 0 Å². The Morgan fingerprint density at radius 2 is 2.21 bits per heavy atom. The number of pyridine rings is 1. The first-order valence-corrected chi connectivity index (χ1v) is 5.17. The van der Waals surface area contributed by atoms with Gasteiger partial charge in [-0.25, -0.2) is 4.98 Å². The highest BCUT2D eigenvalue weighted by Gasteiger charge is 1.99. The highest BCUT2D eigenvalue weighted by molar-refractivity contribution is 5.41. The largest absolute Gasteiger partial charge is 0.307 e. The molecule has 0 atom stereocenters. The van der Waals surface area contributed by atoms with Crippen LogP contribution in [0.4, 0.5) is 0 Å². The first kappa shape index (κ1) is 9.25. The second-order valence-corrected chi connectivity index (χ2v) is 4.16. The summed E-state index contributed by atoms with van der Waals surface area (Å²) in [5.74, 6) is 0.769. The molecule has 2 aromatic heterocycles. The van der Waals surface area contributed by atoms with Gasteiger partial charge in [0.05, 0.1) is 0 Å². The van der Waals surface area contributed by atoms with Crippen LogP contribution in [0.2, 0.25) is 0 Å². The third-order valence-electron chi connectivity index (χ3n) is 2.47. The van der Waals surface area contributed by atoms with Gasteiger partial charge in [0.2, 0.25) is 0 Å². The Bertz CT molecular complexity index is 415. The van der Waals surface area contributed by atoms with Gasteiger partial charge in [-0.05, 0) is 36.5 Å². The average Bonchev–Trinajstić information content (AvgIpc) is 2.61. The number of aryl methyl sites for hydroxylation is 1. The molecule has 2 nitrogen and oxygen atoms in total. The molecule has 2 heteroatoms. The lowest BCUT2D eigenvalue weighted by Gasteiger charge is -2.04. The summed E-state index contributed by atoms with van der Waals surface area (Å²) in [6, 6.07) is 4.35. The quantitative estimate of drug-likeness (QED) is 0.724. The highest BCUT2D eigenvalue weighted by Crippen LogP contribution is 2.10. The van der Waals surface area contributed by atoms with Crippen LogP contribution in [0.3, 0.4) is 0 Å². The summed E-state index contributed by atoms with van der Waals surface area (Å²) in [5.41, 5.74) is 2.43. The number of rotatable bonds is 3. The van der Waals surface area contributed by atoms with Gasteiger partial charge in [-0.3, -0.25) is 0 Å². The van der Waals surface area contributed by atoms with E-state index >= 15 is 0 Å². The van der Waals surface area contributed by atoms with Gasteiger partial charge in [-0.2, -0.15) is 0 Å². The van der Waals surface area contributed by atoms with E-state index in [0.29, 0.717) is 0 Å². The average molecular weight is 188 g/mol. The van der Waals surface area contributed by atoms with E-state index < -0.39 is 0 Å². The molecular weight excluding hydrogens is 172 g/mol. The lowest BCUT2D eigenvalue weighted by Crippen LogP contribution is -1.93. The number of fused-ring (bicyclic) bond motifs is 1. The monoisotopic (exact) mass is 188 g/mol. The smallest absolute Gasteiger partial charge is 0.136 e. The molecule has 0 bridgehead atoms. The standard InChI is InChI=1S/C12H16N2/c1-10(2)3-4-11-5-7-14-8-6-13-12(14)9-11/h5-10H,3-4H2,1-2H3. The Morgan fingerprint density at radius 1 is 1.36 bits per heavy atom. The van der Waals surface area contributed by atoms with Gasteiger partial charge in [-0.1, -0.05) is 13.8 Å². The van der Waals surface area contributed by atoms with Gasteiger partial charge < -0.3 is 4.40 Å². The first-order chi connectivity index (χ1) is 6.75. The minimum Gasteiger partial charge on any atom is -0.307 e. The van der Waals surface area contributed by atoms with Crippen LogP contribution in [-0.2, 0) is 6.42 Å². The Balaban J connectivity index is 2.17. The highest BCUT2D eigenvalue weighted by atomic mass is 15.0. The summed E-state index contributed by atoms with van der Waals surface area (Å²) >= 11 is 0. The molecule has 2 aromatic rings. The normalized spacial score (nSPS) is 11.4. The van der Waals surface area contributed by atoms with Crippen LogP contribution in [-0.4, -0.2) is 9.38 Å². The van der Waals surface area contributed by atoms with Crippen molar-refractivity contribution in [2.75, 3.05) is 0 Å². The fraction of sp³-hybridized carbons (Fsp3) is 0.417. The summed E-state index contributed by atoms with van der Waals surface area (Å²) in [6.07, 6.45) is 8.29. The summed E-state index contributed by atoms with van der Waals surface area (Å²) < 4.78 is 2.04. The number of imidazole rings is 1. The molecule has 0 amide bonds. The number of aromatic nitrogens is 2. The van der Waals surface area contributed by atoms with Crippen molar-refractivity contribution in [3.63, 3.8) is 0 Å². The van der Waals surface area contributed by atoms with E-state index in [1.165, 1.54) is 12.0 Å². The van der Waals surface area contributed by atoms with Gasteiger partial charge in [-0.15, -0.1) is 0 Å². The van der Waals surface area contributed by atoms with E-state index in [0.717, 1.165) is 18.0 Å². The van der Waals surface area contributed by atoms with Gasteiger partial charge in [0.1, 0.15) is 5.65 Å². The molecule has 0 aromatic carbocycles. The second-order valence-electron chi connectivity index (χ2n) is 4.16. The Kier molecular flexibility index (Phi) is 2.53. The first-order valence-electron chi connectivity index (χ1n) is 5.17. The predicted molar refractivity (Wildman–Crippen MR) is 58.4 cm³/mol. The summed E-state index contributed by atoms with van der Waals surface area (Å²) in [6.45, 7) is 4.52. The number of nitrogens with zero attached hydrogens (tertiary/aromatic N) is 2. The van der Waals surface area contributed by atoms with Crippen LogP contribution in [0, 0.1) is 5.92 Å². The van der Waals surface area contributed by atoms with Crippen LogP contribution in [0.1, 0.15) is 25.8 Å². The molecule has 74 valence electrons. The topological polar surface area (TPSA) is 17.3 Å².